The maximum Gasteiger partial charge on any atom is 0.459 e. The van der Waals surface area contributed by atoms with Gasteiger partial charge >= 0.3 is 47.8 Å². The van der Waals surface area contributed by atoms with Crippen LogP contribution in [0.1, 0.15) is 0 Å². The summed E-state index contributed by atoms with van der Waals surface area (Å²) >= 11 is 0. The molecule has 0 N–H and O–H groups in total. The first-order chi connectivity index (χ1) is 10.5. The van der Waals surface area contributed by atoms with E-state index in [1.165, 1.54) is 0 Å². The molecule has 0 amide bonds. The average Bonchev–Trinajstić information content (AvgIpc) is 2.43. The van der Waals surface area contributed by atoms with Crippen molar-refractivity contribution < 1.29 is 75.0 Å². The minimum absolute atomic E-state index is 1.57. The number of ether oxygens (including phenoxy) is 1. The standard InChI is InChI=1S/C8F16O/c9-1(3(12,13)6(17,18)19)2(10,11)5(16,25-8(1,23)24)4(14,15)7(20,21)22. The number of rotatable bonds is 2. The molecule has 150 valence electrons. The highest BCUT2D eigenvalue weighted by Gasteiger charge is 3.04. The van der Waals surface area contributed by atoms with Crippen molar-refractivity contribution in [2.24, 2.45) is 0 Å². The molecule has 0 aromatic heterocycles. The summed E-state index contributed by atoms with van der Waals surface area (Å²) in [5.41, 5.74) is -7.98. The molecule has 17 heteroatoms. The third kappa shape index (κ3) is 2.16. The summed E-state index contributed by atoms with van der Waals surface area (Å²) in [5.74, 6) is -31.5. The normalized spacial score (nSPS) is 33.6. The Hall–Kier alpha value is -1.16. The molecule has 1 fully saturated rings. The Bertz CT molecular complexity index is 543. The van der Waals surface area contributed by atoms with Crippen LogP contribution in [0.3, 0.4) is 0 Å². The Balaban J connectivity index is 3.84. The Labute approximate surface area is 124 Å². The second-order valence-electron chi connectivity index (χ2n) is 4.59. The third-order valence-corrected chi connectivity index (χ3v) is 3.05. The van der Waals surface area contributed by atoms with E-state index in [2.05, 4.69) is 0 Å². The first-order valence-corrected chi connectivity index (χ1v) is 5.18. The molecule has 1 aliphatic heterocycles. The molecule has 1 saturated heterocycles. The first kappa shape index (κ1) is 21.9. The minimum Gasteiger partial charge on any atom is -0.269 e. The Morgan fingerprint density at radius 1 is 0.520 bits per heavy atom. The average molecular weight is 416 g/mol. The van der Waals surface area contributed by atoms with Gasteiger partial charge in [0.2, 0.25) is 0 Å². The lowest BCUT2D eigenvalue weighted by Crippen LogP contribution is -2.72. The van der Waals surface area contributed by atoms with E-state index < -0.39 is 47.8 Å². The minimum atomic E-state index is -8.03. The molecule has 0 aliphatic carbocycles. The van der Waals surface area contributed by atoms with Crippen LogP contribution < -0.4 is 0 Å². The molecule has 2 atom stereocenters. The van der Waals surface area contributed by atoms with Gasteiger partial charge in [-0.2, -0.15) is 65.9 Å². The van der Waals surface area contributed by atoms with Crippen molar-refractivity contribution in [3.8, 4) is 0 Å². The van der Waals surface area contributed by atoms with Gasteiger partial charge in [-0.1, -0.05) is 0 Å². The van der Waals surface area contributed by atoms with Gasteiger partial charge in [0, 0.05) is 0 Å². The summed E-state index contributed by atoms with van der Waals surface area (Å²) < 4.78 is 204. The summed E-state index contributed by atoms with van der Waals surface area (Å²) in [7, 11) is 0. The largest absolute Gasteiger partial charge is 0.459 e. The van der Waals surface area contributed by atoms with Gasteiger partial charge in [-0.25, -0.2) is 4.39 Å². The maximum atomic E-state index is 13.5. The quantitative estimate of drug-likeness (QED) is 0.575. The van der Waals surface area contributed by atoms with Gasteiger partial charge in [0.05, 0.1) is 0 Å². The molecule has 0 saturated carbocycles. The van der Waals surface area contributed by atoms with Gasteiger partial charge in [0.25, 0.3) is 0 Å². The fourth-order valence-corrected chi connectivity index (χ4v) is 1.73. The molecule has 1 aliphatic rings. The Morgan fingerprint density at radius 2 is 0.840 bits per heavy atom. The molecule has 1 heterocycles. The molecule has 1 nitrogen and oxygen atoms in total. The number of halogens is 16. The van der Waals surface area contributed by atoms with Gasteiger partial charge in [-0.3, -0.25) is 4.74 Å². The van der Waals surface area contributed by atoms with Crippen LogP contribution in [0, 0.1) is 0 Å². The van der Waals surface area contributed by atoms with Crippen molar-refractivity contribution in [1.29, 1.82) is 0 Å². The lowest BCUT2D eigenvalue weighted by molar-refractivity contribution is -0.431. The summed E-state index contributed by atoms with van der Waals surface area (Å²) in [6.07, 6.45) is -22.7. The van der Waals surface area contributed by atoms with Crippen LogP contribution in [0.15, 0.2) is 0 Å². The predicted octanol–water partition coefficient (Wildman–Crippen LogP) is 5.01. The first-order valence-electron chi connectivity index (χ1n) is 5.18. The van der Waals surface area contributed by atoms with Gasteiger partial charge in [0.15, 0.2) is 0 Å². The van der Waals surface area contributed by atoms with E-state index in [1.54, 1.807) is 4.74 Å². The van der Waals surface area contributed by atoms with Crippen LogP contribution in [0.2, 0.25) is 0 Å². The summed E-state index contributed by atoms with van der Waals surface area (Å²) in [6, 6.07) is 0. The van der Waals surface area contributed by atoms with E-state index >= 15 is 0 Å². The molecule has 0 bridgehead atoms. The lowest BCUT2D eigenvalue weighted by atomic mass is 9.85. The smallest absolute Gasteiger partial charge is 0.269 e. The van der Waals surface area contributed by atoms with Crippen LogP contribution in [-0.2, 0) is 4.74 Å². The molecule has 0 aromatic carbocycles. The fraction of sp³-hybridized carbons (Fsp3) is 1.00. The van der Waals surface area contributed by atoms with E-state index in [-0.39, 0.29) is 0 Å². The number of hydrogen-bond donors (Lipinski definition) is 0. The van der Waals surface area contributed by atoms with Crippen LogP contribution in [-0.4, -0.2) is 47.8 Å². The highest BCUT2D eigenvalue weighted by atomic mass is 19.4. The number of hydrogen-bond acceptors (Lipinski definition) is 1. The van der Waals surface area contributed by atoms with Crippen LogP contribution in [0.4, 0.5) is 70.2 Å². The highest BCUT2D eigenvalue weighted by molar-refractivity contribution is 5.24. The topological polar surface area (TPSA) is 9.23 Å². The Morgan fingerprint density at radius 3 is 1.12 bits per heavy atom. The van der Waals surface area contributed by atoms with E-state index in [4.69, 9.17) is 0 Å². The van der Waals surface area contributed by atoms with Crippen LogP contribution in [0.5, 0.6) is 0 Å². The zero-order chi connectivity index (χ0) is 20.7. The number of alkyl halides is 16. The van der Waals surface area contributed by atoms with Gasteiger partial charge < -0.3 is 0 Å². The van der Waals surface area contributed by atoms with E-state index in [0.29, 0.717) is 0 Å². The van der Waals surface area contributed by atoms with Gasteiger partial charge in [0.1, 0.15) is 0 Å². The molecular formula is C8F16O. The second-order valence-corrected chi connectivity index (χ2v) is 4.59. The van der Waals surface area contributed by atoms with Gasteiger partial charge in [-0.05, 0) is 0 Å². The van der Waals surface area contributed by atoms with Crippen LogP contribution in [0.25, 0.3) is 0 Å². The molecule has 1 rings (SSSR count). The monoisotopic (exact) mass is 416 g/mol. The van der Waals surface area contributed by atoms with Crippen molar-refractivity contribution in [3.05, 3.63) is 0 Å². The van der Waals surface area contributed by atoms with Crippen LogP contribution >= 0.6 is 0 Å². The van der Waals surface area contributed by atoms with Crippen molar-refractivity contribution in [2.45, 2.75) is 47.8 Å². The zero-order valence-electron chi connectivity index (χ0n) is 10.5. The van der Waals surface area contributed by atoms with E-state index in [9.17, 15) is 70.2 Å². The van der Waals surface area contributed by atoms with E-state index in [1.807, 2.05) is 0 Å². The molecule has 0 radical (unpaired) electrons. The lowest BCUT2D eigenvalue weighted by Gasteiger charge is -2.38. The molecule has 25 heavy (non-hydrogen) atoms. The highest BCUT2D eigenvalue weighted by Crippen LogP contribution is 2.71. The maximum absolute atomic E-state index is 13.5. The zero-order valence-corrected chi connectivity index (χ0v) is 10.5. The molecule has 0 spiro atoms. The fourth-order valence-electron chi connectivity index (χ4n) is 1.73. The van der Waals surface area contributed by atoms with Crippen molar-refractivity contribution in [3.63, 3.8) is 0 Å². The summed E-state index contributed by atoms with van der Waals surface area (Å²) in [6.45, 7) is 0. The second kappa shape index (κ2) is 4.76. The molecule has 2 unspecified atom stereocenters. The SMILES string of the molecule is FC(F)(F)C(F)(F)C1(F)OC(F)(F)C(F)(C(F)(F)C(F)(F)F)C1(F)F. The summed E-state index contributed by atoms with van der Waals surface area (Å²) in [4.78, 5) is 0. The predicted molar refractivity (Wildman–Crippen MR) is 40.7 cm³/mol. The van der Waals surface area contributed by atoms with Crippen molar-refractivity contribution in [1.82, 2.24) is 0 Å². The molecule has 0 aromatic rings. The van der Waals surface area contributed by atoms with Gasteiger partial charge in [-0.15, -0.1) is 0 Å². The van der Waals surface area contributed by atoms with Crippen molar-refractivity contribution >= 4 is 0 Å². The summed E-state index contributed by atoms with van der Waals surface area (Å²) in [5, 5.41) is 0. The molecular weight excluding hydrogens is 416 g/mol. The van der Waals surface area contributed by atoms with Crippen molar-refractivity contribution in [2.75, 3.05) is 0 Å². The Kier molecular flexibility index (Phi) is 4.17. The third-order valence-electron chi connectivity index (χ3n) is 3.05. The van der Waals surface area contributed by atoms with E-state index in [0.717, 1.165) is 0 Å².